The van der Waals surface area contributed by atoms with Gasteiger partial charge in [-0.1, -0.05) is 18.2 Å². The van der Waals surface area contributed by atoms with Gasteiger partial charge in [0.15, 0.2) is 0 Å². The molecule has 0 radical (unpaired) electrons. The Labute approximate surface area is 169 Å². The molecule has 0 spiro atoms. The number of aromatic nitrogens is 1. The van der Waals surface area contributed by atoms with Crippen molar-refractivity contribution < 1.29 is 14.0 Å². The third-order valence-electron chi connectivity index (χ3n) is 3.88. The van der Waals surface area contributed by atoms with Crippen LogP contribution in [0.2, 0.25) is 0 Å². The molecule has 0 bridgehead atoms. The van der Waals surface area contributed by atoms with E-state index in [2.05, 4.69) is 33.2 Å². The second kappa shape index (κ2) is 8.81. The minimum Gasteiger partial charge on any atom is -0.350 e. The number of nitrogens with one attached hydrogen (secondary N) is 2. The first-order valence-corrected chi connectivity index (χ1v) is 9.38. The molecule has 0 fully saturated rings. The van der Waals surface area contributed by atoms with E-state index in [0.717, 1.165) is 9.26 Å². The molecule has 3 aromatic rings. The average Bonchev–Trinajstić information content (AvgIpc) is 3.15. The highest BCUT2D eigenvalue weighted by Crippen LogP contribution is 2.15. The summed E-state index contributed by atoms with van der Waals surface area (Å²) in [4.78, 5) is 24.4. The third kappa shape index (κ3) is 4.73. The van der Waals surface area contributed by atoms with Crippen molar-refractivity contribution in [3.63, 3.8) is 0 Å². The predicted molar refractivity (Wildman–Crippen MR) is 110 cm³/mol. The summed E-state index contributed by atoms with van der Waals surface area (Å²) in [5, 5.41) is 5.35. The Balaban J connectivity index is 1.56. The first-order valence-electron chi connectivity index (χ1n) is 8.30. The second-order valence-electron chi connectivity index (χ2n) is 5.73. The van der Waals surface area contributed by atoms with Crippen molar-refractivity contribution in [3.05, 3.63) is 87.5 Å². The van der Waals surface area contributed by atoms with Crippen molar-refractivity contribution in [1.82, 2.24) is 15.2 Å². The van der Waals surface area contributed by atoms with Crippen molar-refractivity contribution in [1.29, 1.82) is 0 Å². The first-order chi connectivity index (χ1) is 13.1. The van der Waals surface area contributed by atoms with Gasteiger partial charge in [-0.05, 0) is 65.1 Å². The molecule has 0 saturated carbocycles. The van der Waals surface area contributed by atoms with Gasteiger partial charge in [-0.2, -0.15) is 0 Å². The number of halogens is 2. The van der Waals surface area contributed by atoms with Gasteiger partial charge in [0, 0.05) is 28.5 Å². The molecular weight excluding hydrogens is 460 g/mol. The Kier molecular flexibility index (Phi) is 6.23. The lowest BCUT2D eigenvalue weighted by Crippen LogP contribution is -2.35. The molecule has 0 aliphatic rings. The van der Waals surface area contributed by atoms with Crippen LogP contribution >= 0.6 is 22.6 Å². The number of carbonyl (C=O) groups excluding carboxylic acids is 2. The highest BCUT2D eigenvalue weighted by molar-refractivity contribution is 14.1. The molecule has 138 valence electrons. The summed E-state index contributed by atoms with van der Waals surface area (Å²) in [6, 6.07) is 17.1. The number of benzene rings is 2. The maximum atomic E-state index is 13.6. The van der Waals surface area contributed by atoms with Gasteiger partial charge in [-0.15, -0.1) is 0 Å². The van der Waals surface area contributed by atoms with E-state index in [9.17, 15) is 14.0 Å². The normalized spacial score (nSPS) is 10.4. The number of hydrogen-bond acceptors (Lipinski definition) is 2. The van der Waals surface area contributed by atoms with Gasteiger partial charge in [-0.3, -0.25) is 9.59 Å². The maximum Gasteiger partial charge on any atom is 0.268 e. The van der Waals surface area contributed by atoms with E-state index in [-0.39, 0.29) is 24.6 Å². The predicted octanol–water partition coefficient (Wildman–Crippen LogP) is 3.38. The summed E-state index contributed by atoms with van der Waals surface area (Å²) in [6.07, 6.45) is 1.82. The Hall–Kier alpha value is -2.68. The van der Waals surface area contributed by atoms with E-state index in [4.69, 9.17) is 0 Å². The lowest BCUT2D eigenvalue weighted by molar-refractivity contribution is 0.0922. The molecule has 5 nitrogen and oxygen atoms in total. The van der Waals surface area contributed by atoms with Crippen LogP contribution in [0.15, 0.2) is 66.9 Å². The van der Waals surface area contributed by atoms with Gasteiger partial charge in [0.1, 0.15) is 11.5 Å². The van der Waals surface area contributed by atoms with Gasteiger partial charge in [0.05, 0.1) is 5.56 Å². The van der Waals surface area contributed by atoms with E-state index < -0.39 is 11.7 Å². The minimum atomic E-state index is -0.575. The number of nitrogens with zero attached hydrogens (tertiary/aromatic N) is 1. The standard InChI is InChI=1S/C20H17FIN3O2/c21-17-8-2-1-7-16(17)19(26)23-10-11-24-20(27)18-9-4-12-25(18)15-6-3-5-14(22)13-15/h1-9,12-13H,10-11H2,(H,23,26)(H,24,27). The van der Waals surface area contributed by atoms with Crippen LogP contribution < -0.4 is 10.6 Å². The molecule has 3 rings (SSSR count). The number of hydrogen-bond donors (Lipinski definition) is 2. The first kappa shape index (κ1) is 19.1. The zero-order valence-corrected chi connectivity index (χ0v) is 16.4. The summed E-state index contributed by atoms with van der Waals surface area (Å²) in [5.41, 5.74) is 1.37. The van der Waals surface area contributed by atoms with Crippen LogP contribution in [0.25, 0.3) is 5.69 Å². The van der Waals surface area contributed by atoms with Gasteiger partial charge >= 0.3 is 0 Å². The van der Waals surface area contributed by atoms with Gasteiger partial charge in [0.25, 0.3) is 11.8 Å². The summed E-state index contributed by atoms with van der Waals surface area (Å²) in [5.74, 6) is -1.34. The zero-order valence-electron chi connectivity index (χ0n) is 14.3. The summed E-state index contributed by atoms with van der Waals surface area (Å²) < 4.78 is 16.4. The number of amides is 2. The van der Waals surface area contributed by atoms with Gasteiger partial charge in [-0.25, -0.2) is 4.39 Å². The van der Waals surface area contributed by atoms with Crippen molar-refractivity contribution in [2.24, 2.45) is 0 Å². The molecule has 1 heterocycles. The van der Waals surface area contributed by atoms with E-state index in [1.54, 1.807) is 22.8 Å². The minimum absolute atomic E-state index is 0.0172. The Morgan fingerprint density at radius 1 is 0.926 bits per heavy atom. The van der Waals surface area contributed by atoms with E-state index in [1.807, 2.05) is 30.5 Å². The summed E-state index contributed by atoms with van der Waals surface area (Å²) in [6.45, 7) is 0.430. The molecule has 0 atom stereocenters. The molecule has 2 aromatic carbocycles. The molecule has 1 aromatic heterocycles. The van der Waals surface area contributed by atoms with Gasteiger partial charge in [0.2, 0.25) is 0 Å². The molecule has 7 heteroatoms. The van der Waals surface area contributed by atoms with Crippen LogP contribution in [-0.4, -0.2) is 29.5 Å². The molecule has 0 aliphatic carbocycles. The average molecular weight is 477 g/mol. The molecule has 0 aliphatic heterocycles. The molecule has 0 unspecified atom stereocenters. The molecule has 2 N–H and O–H groups in total. The highest BCUT2D eigenvalue weighted by atomic mass is 127. The van der Waals surface area contributed by atoms with Crippen LogP contribution in [0, 0.1) is 9.39 Å². The zero-order chi connectivity index (χ0) is 19.2. The fourth-order valence-electron chi connectivity index (χ4n) is 2.60. The second-order valence-corrected chi connectivity index (χ2v) is 6.98. The highest BCUT2D eigenvalue weighted by Gasteiger charge is 2.13. The molecule has 0 saturated heterocycles. The number of carbonyl (C=O) groups is 2. The smallest absolute Gasteiger partial charge is 0.268 e. The topological polar surface area (TPSA) is 63.1 Å². The molecule has 2 amide bonds. The van der Waals surface area contributed by atoms with Crippen molar-refractivity contribution in [3.8, 4) is 5.69 Å². The van der Waals surface area contributed by atoms with Crippen LogP contribution in [0.5, 0.6) is 0 Å². The van der Waals surface area contributed by atoms with Crippen LogP contribution in [0.1, 0.15) is 20.8 Å². The number of rotatable bonds is 6. The Bertz CT molecular complexity index is 971. The van der Waals surface area contributed by atoms with E-state index in [0.29, 0.717) is 5.69 Å². The Morgan fingerprint density at radius 2 is 1.67 bits per heavy atom. The maximum absolute atomic E-state index is 13.6. The Morgan fingerprint density at radius 3 is 2.41 bits per heavy atom. The molecule has 27 heavy (non-hydrogen) atoms. The van der Waals surface area contributed by atoms with Crippen molar-refractivity contribution >= 4 is 34.4 Å². The summed E-state index contributed by atoms with van der Waals surface area (Å²) >= 11 is 2.22. The van der Waals surface area contributed by atoms with Crippen molar-refractivity contribution in [2.75, 3.05) is 13.1 Å². The molecular formula is C20H17FIN3O2. The monoisotopic (exact) mass is 477 g/mol. The largest absolute Gasteiger partial charge is 0.350 e. The van der Waals surface area contributed by atoms with Crippen LogP contribution in [-0.2, 0) is 0 Å². The van der Waals surface area contributed by atoms with Gasteiger partial charge < -0.3 is 15.2 Å². The quantitative estimate of drug-likeness (QED) is 0.423. The summed E-state index contributed by atoms with van der Waals surface area (Å²) in [7, 11) is 0. The lowest BCUT2D eigenvalue weighted by atomic mass is 10.2. The van der Waals surface area contributed by atoms with Crippen molar-refractivity contribution in [2.45, 2.75) is 0 Å². The van der Waals surface area contributed by atoms with Crippen LogP contribution in [0.4, 0.5) is 4.39 Å². The SMILES string of the molecule is O=C(NCCNC(=O)c1cccn1-c1cccc(I)c1)c1ccccc1F. The third-order valence-corrected chi connectivity index (χ3v) is 4.55. The van der Waals surface area contributed by atoms with E-state index in [1.165, 1.54) is 18.2 Å². The lowest BCUT2D eigenvalue weighted by Gasteiger charge is -2.11. The fraction of sp³-hybridized carbons (Fsp3) is 0.100. The van der Waals surface area contributed by atoms with Crippen LogP contribution in [0.3, 0.4) is 0 Å². The fourth-order valence-corrected chi connectivity index (χ4v) is 3.13. The van der Waals surface area contributed by atoms with E-state index >= 15 is 0 Å².